The fourth-order valence-electron chi connectivity index (χ4n) is 3.36. The van der Waals surface area contributed by atoms with E-state index >= 15 is 0 Å². The molecule has 0 aliphatic rings. The number of ether oxygens (including phenoxy) is 1. The fraction of sp³-hybridized carbons (Fsp3) is 0.240. The highest BCUT2D eigenvalue weighted by atomic mass is 35.5. The number of rotatable bonds is 10. The van der Waals surface area contributed by atoms with Crippen molar-refractivity contribution in [2.75, 3.05) is 13.2 Å². The van der Waals surface area contributed by atoms with Crippen molar-refractivity contribution in [2.45, 2.75) is 31.3 Å². The van der Waals surface area contributed by atoms with Gasteiger partial charge in [0.1, 0.15) is 5.75 Å². The highest BCUT2D eigenvalue weighted by Gasteiger charge is 2.28. The summed E-state index contributed by atoms with van der Waals surface area (Å²) < 4.78 is 33.6. The topological polar surface area (TPSA) is 75.7 Å². The van der Waals surface area contributed by atoms with Crippen molar-refractivity contribution in [3.63, 3.8) is 0 Å². The van der Waals surface area contributed by atoms with Gasteiger partial charge in [-0.25, -0.2) is 8.42 Å². The molecule has 180 valence electrons. The Morgan fingerprint density at radius 1 is 1.03 bits per heavy atom. The number of hydrogen-bond donors (Lipinski definition) is 1. The van der Waals surface area contributed by atoms with Crippen LogP contribution in [0, 0.1) is 0 Å². The van der Waals surface area contributed by atoms with E-state index in [1.807, 2.05) is 56.3 Å². The van der Waals surface area contributed by atoms with Crippen LogP contribution in [0.1, 0.15) is 31.0 Å². The summed E-state index contributed by atoms with van der Waals surface area (Å²) in [6.45, 7) is 3.70. The summed E-state index contributed by atoms with van der Waals surface area (Å²) in [6.07, 6.45) is 0. The third-order valence-corrected chi connectivity index (χ3v) is 7.45. The summed E-state index contributed by atoms with van der Waals surface area (Å²) in [5.41, 5.74) is 1.61. The summed E-state index contributed by atoms with van der Waals surface area (Å²) in [5, 5.41) is 3.64. The quantitative estimate of drug-likeness (QED) is 0.385. The van der Waals surface area contributed by atoms with Crippen molar-refractivity contribution in [2.24, 2.45) is 0 Å². The number of amides is 1. The smallest absolute Gasteiger partial charge is 0.243 e. The summed E-state index contributed by atoms with van der Waals surface area (Å²) in [5.74, 6) is -0.0359. The first-order valence-electron chi connectivity index (χ1n) is 10.7. The minimum absolute atomic E-state index is 0.0181. The van der Waals surface area contributed by atoms with Crippen LogP contribution < -0.4 is 10.1 Å². The molecule has 1 N–H and O–H groups in total. The molecule has 0 heterocycles. The van der Waals surface area contributed by atoms with E-state index in [1.54, 1.807) is 12.1 Å². The molecule has 0 fully saturated rings. The van der Waals surface area contributed by atoms with Gasteiger partial charge in [-0.2, -0.15) is 4.31 Å². The first kappa shape index (κ1) is 26.0. The van der Waals surface area contributed by atoms with Crippen molar-refractivity contribution >= 4 is 39.1 Å². The van der Waals surface area contributed by atoms with E-state index in [2.05, 4.69) is 5.32 Å². The van der Waals surface area contributed by atoms with Crippen molar-refractivity contribution in [1.82, 2.24) is 9.62 Å². The van der Waals surface area contributed by atoms with E-state index in [9.17, 15) is 13.2 Å². The highest BCUT2D eigenvalue weighted by molar-refractivity contribution is 7.89. The molecule has 3 aromatic carbocycles. The van der Waals surface area contributed by atoms with Crippen LogP contribution in [-0.4, -0.2) is 31.8 Å². The lowest BCUT2D eigenvalue weighted by atomic mass is 10.1. The van der Waals surface area contributed by atoms with Crippen LogP contribution >= 0.6 is 23.2 Å². The SMILES string of the molecule is CCOc1ccc(S(=O)(=O)N(CC(=O)N[C@H](C)c2ccc(Cl)cc2)Cc2ccccc2)cc1Cl. The van der Waals surface area contributed by atoms with E-state index in [1.165, 1.54) is 18.2 Å². The Bertz CT molecular complexity index is 1220. The van der Waals surface area contributed by atoms with Gasteiger partial charge in [0.25, 0.3) is 0 Å². The molecule has 0 radical (unpaired) electrons. The molecule has 1 amide bonds. The predicted octanol–water partition coefficient (Wildman–Crippen LogP) is 5.46. The van der Waals surface area contributed by atoms with Crippen LogP contribution in [0.2, 0.25) is 10.0 Å². The van der Waals surface area contributed by atoms with Crippen molar-refractivity contribution in [3.8, 4) is 5.75 Å². The number of carbonyl (C=O) groups is 1. The zero-order valence-electron chi connectivity index (χ0n) is 18.9. The van der Waals surface area contributed by atoms with Gasteiger partial charge in [0, 0.05) is 11.6 Å². The molecule has 0 unspecified atom stereocenters. The van der Waals surface area contributed by atoms with Gasteiger partial charge in [0.15, 0.2) is 0 Å². The van der Waals surface area contributed by atoms with Crippen LogP contribution in [-0.2, 0) is 21.4 Å². The first-order chi connectivity index (χ1) is 16.2. The Hall–Kier alpha value is -2.58. The molecule has 1 atom stereocenters. The second-order valence-corrected chi connectivity index (χ2v) is 10.4. The van der Waals surface area contributed by atoms with Crippen molar-refractivity contribution < 1.29 is 17.9 Å². The zero-order chi connectivity index (χ0) is 24.7. The van der Waals surface area contributed by atoms with Gasteiger partial charge in [-0.05, 0) is 55.3 Å². The number of nitrogens with zero attached hydrogens (tertiary/aromatic N) is 1. The van der Waals surface area contributed by atoms with Gasteiger partial charge >= 0.3 is 0 Å². The average Bonchev–Trinajstić information content (AvgIpc) is 2.81. The molecule has 0 aliphatic heterocycles. The summed E-state index contributed by atoms with van der Waals surface area (Å²) >= 11 is 12.2. The highest BCUT2D eigenvalue weighted by Crippen LogP contribution is 2.29. The third-order valence-electron chi connectivity index (χ3n) is 5.11. The number of halogens is 2. The lowest BCUT2D eigenvalue weighted by Crippen LogP contribution is -2.41. The second kappa shape index (κ2) is 11.7. The average molecular weight is 521 g/mol. The van der Waals surface area contributed by atoms with Crippen molar-refractivity contribution in [3.05, 3.63) is 94.0 Å². The third kappa shape index (κ3) is 6.73. The standard InChI is InChI=1S/C25H26Cl2N2O4S/c1-3-33-24-14-13-22(15-23(24)27)34(31,32)29(16-19-7-5-4-6-8-19)17-25(30)28-18(2)20-9-11-21(26)12-10-20/h4-15,18H,3,16-17H2,1-2H3,(H,28,30)/t18-/m1/s1. The van der Waals surface area contributed by atoms with E-state index < -0.39 is 15.9 Å². The molecule has 9 heteroatoms. The van der Waals surface area contributed by atoms with Gasteiger partial charge in [-0.15, -0.1) is 0 Å². The Morgan fingerprint density at radius 2 is 1.71 bits per heavy atom. The number of carbonyl (C=O) groups excluding carboxylic acids is 1. The van der Waals surface area contributed by atoms with Crippen LogP contribution in [0.5, 0.6) is 5.75 Å². The van der Waals surface area contributed by atoms with Crippen LogP contribution in [0.3, 0.4) is 0 Å². The Kier molecular flexibility index (Phi) is 8.97. The lowest BCUT2D eigenvalue weighted by molar-refractivity contribution is -0.122. The number of nitrogens with one attached hydrogen (secondary N) is 1. The van der Waals surface area contributed by atoms with Gasteiger partial charge in [-0.1, -0.05) is 65.7 Å². The van der Waals surface area contributed by atoms with Crippen LogP contribution in [0.25, 0.3) is 0 Å². The molecule has 3 rings (SSSR count). The molecule has 0 saturated carbocycles. The first-order valence-corrected chi connectivity index (χ1v) is 12.9. The largest absolute Gasteiger partial charge is 0.492 e. The lowest BCUT2D eigenvalue weighted by Gasteiger charge is -2.23. The molecule has 0 saturated heterocycles. The van der Waals surface area contributed by atoms with Gasteiger partial charge in [-0.3, -0.25) is 4.79 Å². The van der Waals surface area contributed by atoms with E-state index in [0.717, 1.165) is 15.4 Å². The number of benzene rings is 3. The van der Waals surface area contributed by atoms with E-state index in [-0.39, 0.29) is 29.0 Å². The Labute approximate surface area is 210 Å². The maximum atomic E-state index is 13.5. The monoisotopic (exact) mass is 520 g/mol. The minimum Gasteiger partial charge on any atom is -0.492 e. The molecular weight excluding hydrogens is 495 g/mol. The zero-order valence-corrected chi connectivity index (χ0v) is 21.2. The summed E-state index contributed by atoms with van der Waals surface area (Å²) in [6, 6.07) is 20.1. The van der Waals surface area contributed by atoms with E-state index in [0.29, 0.717) is 17.4 Å². The molecule has 0 aromatic heterocycles. The summed E-state index contributed by atoms with van der Waals surface area (Å²) in [4.78, 5) is 12.9. The fourth-order valence-corrected chi connectivity index (χ4v) is 5.20. The molecule has 0 aliphatic carbocycles. The molecule has 0 spiro atoms. The maximum absolute atomic E-state index is 13.5. The molecular formula is C25H26Cl2N2O4S. The molecule has 0 bridgehead atoms. The van der Waals surface area contributed by atoms with Gasteiger partial charge in [0.05, 0.1) is 29.1 Å². The second-order valence-electron chi connectivity index (χ2n) is 7.62. The van der Waals surface area contributed by atoms with Gasteiger partial charge in [0.2, 0.25) is 15.9 Å². The Morgan fingerprint density at radius 3 is 2.32 bits per heavy atom. The molecule has 3 aromatic rings. The predicted molar refractivity (Wildman–Crippen MR) is 135 cm³/mol. The number of hydrogen-bond acceptors (Lipinski definition) is 4. The maximum Gasteiger partial charge on any atom is 0.243 e. The van der Waals surface area contributed by atoms with Crippen LogP contribution in [0.4, 0.5) is 0 Å². The minimum atomic E-state index is -4.04. The molecule has 34 heavy (non-hydrogen) atoms. The summed E-state index contributed by atoms with van der Waals surface area (Å²) in [7, 11) is -4.04. The van der Waals surface area contributed by atoms with Crippen LogP contribution in [0.15, 0.2) is 77.7 Å². The van der Waals surface area contributed by atoms with Gasteiger partial charge < -0.3 is 10.1 Å². The van der Waals surface area contributed by atoms with Crippen molar-refractivity contribution in [1.29, 1.82) is 0 Å². The number of sulfonamides is 1. The normalized spacial score (nSPS) is 12.4. The Balaban J connectivity index is 1.85. The molecule has 6 nitrogen and oxygen atoms in total. The van der Waals surface area contributed by atoms with E-state index in [4.69, 9.17) is 27.9 Å².